The molecule has 1 aromatic heterocycles. The van der Waals surface area contributed by atoms with E-state index in [1.807, 2.05) is 13.0 Å². The molecule has 0 fully saturated rings. The molecule has 0 aliphatic rings. The lowest BCUT2D eigenvalue weighted by molar-refractivity contribution is -0.118. The number of nitrogens with zero attached hydrogens (tertiary/aromatic N) is 2. The SMILES string of the molecule is CCC(=O)c1ccc(OCC(=O)Nc2ccnn2Cc2ccc(Cl)cc2Cl)cc1. The number of benzene rings is 2. The zero-order valence-corrected chi connectivity index (χ0v) is 17.2. The van der Waals surface area contributed by atoms with Crippen LogP contribution in [0.15, 0.2) is 54.7 Å². The first-order valence-electron chi connectivity index (χ1n) is 8.98. The third-order valence-electron chi connectivity index (χ3n) is 4.19. The number of Topliss-reactive ketones (excluding diaryl/α,β-unsaturated/α-hetero) is 1. The van der Waals surface area contributed by atoms with Gasteiger partial charge in [0.15, 0.2) is 12.4 Å². The zero-order chi connectivity index (χ0) is 20.8. The number of carbonyl (C=O) groups is 2. The summed E-state index contributed by atoms with van der Waals surface area (Å²) in [5.41, 5.74) is 1.45. The molecule has 2 aromatic carbocycles. The molecule has 1 amide bonds. The fourth-order valence-electron chi connectivity index (χ4n) is 2.65. The molecule has 1 heterocycles. The van der Waals surface area contributed by atoms with Gasteiger partial charge < -0.3 is 10.1 Å². The zero-order valence-electron chi connectivity index (χ0n) is 15.7. The summed E-state index contributed by atoms with van der Waals surface area (Å²) in [4.78, 5) is 23.9. The van der Waals surface area contributed by atoms with E-state index in [2.05, 4.69) is 10.4 Å². The number of ketones is 1. The minimum atomic E-state index is -0.331. The van der Waals surface area contributed by atoms with Crippen LogP contribution in [0, 0.1) is 0 Å². The molecule has 3 aromatic rings. The van der Waals surface area contributed by atoms with Crippen molar-refractivity contribution in [2.75, 3.05) is 11.9 Å². The van der Waals surface area contributed by atoms with Gasteiger partial charge in [-0.1, -0.05) is 36.2 Å². The van der Waals surface area contributed by atoms with Crippen molar-refractivity contribution in [2.24, 2.45) is 0 Å². The molecule has 0 atom stereocenters. The van der Waals surface area contributed by atoms with E-state index >= 15 is 0 Å². The number of anilines is 1. The summed E-state index contributed by atoms with van der Waals surface area (Å²) < 4.78 is 7.11. The van der Waals surface area contributed by atoms with Crippen LogP contribution in [0.1, 0.15) is 29.3 Å². The van der Waals surface area contributed by atoms with Gasteiger partial charge in [-0.2, -0.15) is 5.10 Å². The van der Waals surface area contributed by atoms with Gasteiger partial charge in [-0.05, 0) is 42.0 Å². The third kappa shape index (κ3) is 5.59. The molecule has 0 bridgehead atoms. The van der Waals surface area contributed by atoms with Crippen molar-refractivity contribution in [2.45, 2.75) is 19.9 Å². The lowest BCUT2D eigenvalue weighted by atomic mass is 10.1. The fraction of sp³-hybridized carbons (Fsp3) is 0.190. The Labute approximate surface area is 178 Å². The van der Waals surface area contributed by atoms with Crippen LogP contribution in [0.5, 0.6) is 5.75 Å². The van der Waals surface area contributed by atoms with Gasteiger partial charge in [0.05, 0.1) is 12.7 Å². The van der Waals surface area contributed by atoms with Gasteiger partial charge in [0.1, 0.15) is 11.6 Å². The number of halogens is 2. The molecule has 0 radical (unpaired) electrons. The molecule has 0 spiro atoms. The Balaban J connectivity index is 1.57. The third-order valence-corrected chi connectivity index (χ3v) is 4.77. The average molecular weight is 432 g/mol. The van der Waals surface area contributed by atoms with Crippen LogP contribution >= 0.6 is 23.2 Å². The van der Waals surface area contributed by atoms with Crippen LogP contribution in [-0.2, 0) is 11.3 Å². The topological polar surface area (TPSA) is 73.2 Å². The molecule has 150 valence electrons. The van der Waals surface area contributed by atoms with Gasteiger partial charge in [0.2, 0.25) is 0 Å². The Morgan fingerprint density at radius 1 is 1.10 bits per heavy atom. The van der Waals surface area contributed by atoms with Crippen molar-refractivity contribution < 1.29 is 14.3 Å². The number of aromatic nitrogens is 2. The second-order valence-corrected chi connectivity index (χ2v) is 7.09. The van der Waals surface area contributed by atoms with Crippen LogP contribution < -0.4 is 10.1 Å². The van der Waals surface area contributed by atoms with E-state index in [4.69, 9.17) is 27.9 Å². The van der Waals surface area contributed by atoms with E-state index in [0.29, 0.717) is 40.1 Å². The average Bonchev–Trinajstić information content (AvgIpc) is 3.15. The molecule has 0 unspecified atom stereocenters. The van der Waals surface area contributed by atoms with Crippen molar-refractivity contribution in [1.82, 2.24) is 9.78 Å². The summed E-state index contributed by atoms with van der Waals surface area (Å²) in [6.07, 6.45) is 2.03. The smallest absolute Gasteiger partial charge is 0.263 e. The highest BCUT2D eigenvalue weighted by Crippen LogP contribution is 2.22. The second kappa shape index (κ2) is 9.58. The normalized spacial score (nSPS) is 10.6. The Morgan fingerprint density at radius 3 is 2.55 bits per heavy atom. The van der Waals surface area contributed by atoms with Crippen LogP contribution in [0.4, 0.5) is 5.82 Å². The molecular weight excluding hydrogens is 413 g/mol. The van der Waals surface area contributed by atoms with E-state index in [9.17, 15) is 9.59 Å². The maximum Gasteiger partial charge on any atom is 0.263 e. The monoisotopic (exact) mass is 431 g/mol. The van der Waals surface area contributed by atoms with Gasteiger partial charge >= 0.3 is 0 Å². The number of hydrogen-bond donors (Lipinski definition) is 1. The van der Waals surface area contributed by atoms with Gasteiger partial charge in [0, 0.05) is 28.1 Å². The van der Waals surface area contributed by atoms with Crippen molar-refractivity contribution in [3.05, 3.63) is 75.9 Å². The van der Waals surface area contributed by atoms with E-state index < -0.39 is 0 Å². The number of ether oxygens (including phenoxy) is 1. The standard InChI is InChI=1S/C21H19Cl2N3O3/c1-2-19(27)14-4-7-17(8-5-14)29-13-21(28)25-20-9-10-24-26(20)12-15-3-6-16(22)11-18(15)23/h3-11H,2,12-13H2,1H3,(H,25,28). The number of hydrogen-bond acceptors (Lipinski definition) is 4. The quantitative estimate of drug-likeness (QED) is 0.517. The molecule has 1 N–H and O–H groups in total. The predicted octanol–water partition coefficient (Wildman–Crippen LogP) is 4.85. The minimum absolute atomic E-state index is 0.0587. The van der Waals surface area contributed by atoms with Crippen molar-refractivity contribution >= 4 is 40.7 Å². The number of carbonyl (C=O) groups excluding carboxylic acids is 2. The number of nitrogens with one attached hydrogen (secondary N) is 1. The molecule has 0 saturated heterocycles. The molecular formula is C21H19Cl2N3O3. The summed E-state index contributed by atoms with van der Waals surface area (Å²) in [5.74, 6) is 0.758. The molecule has 0 saturated carbocycles. The van der Waals surface area contributed by atoms with Crippen LogP contribution in [0.3, 0.4) is 0 Å². The summed E-state index contributed by atoms with van der Waals surface area (Å²) in [6.45, 7) is 2.02. The summed E-state index contributed by atoms with van der Waals surface area (Å²) in [5, 5.41) is 8.06. The maximum absolute atomic E-state index is 12.2. The van der Waals surface area contributed by atoms with E-state index in [1.165, 1.54) is 0 Å². The van der Waals surface area contributed by atoms with Gasteiger partial charge in [-0.25, -0.2) is 4.68 Å². The number of amides is 1. The van der Waals surface area contributed by atoms with Crippen LogP contribution in [0.25, 0.3) is 0 Å². The fourth-order valence-corrected chi connectivity index (χ4v) is 3.11. The van der Waals surface area contributed by atoms with Crippen molar-refractivity contribution in [1.29, 1.82) is 0 Å². The maximum atomic E-state index is 12.2. The Hall–Kier alpha value is -2.83. The van der Waals surface area contributed by atoms with E-state index in [1.54, 1.807) is 53.3 Å². The van der Waals surface area contributed by atoms with Gasteiger partial charge in [-0.3, -0.25) is 9.59 Å². The molecule has 0 aliphatic heterocycles. The molecule has 29 heavy (non-hydrogen) atoms. The van der Waals surface area contributed by atoms with Crippen molar-refractivity contribution in [3.63, 3.8) is 0 Å². The number of rotatable bonds is 8. The first-order chi connectivity index (χ1) is 14.0. The Bertz CT molecular complexity index is 1020. The lowest BCUT2D eigenvalue weighted by Gasteiger charge is -2.11. The Kier molecular flexibility index (Phi) is 6.90. The molecule has 6 nitrogen and oxygen atoms in total. The summed E-state index contributed by atoms with van der Waals surface area (Å²) in [6, 6.07) is 13.6. The minimum Gasteiger partial charge on any atom is -0.484 e. The second-order valence-electron chi connectivity index (χ2n) is 6.25. The molecule has 8 heteroatoms. The first kappa shape index (κ1) is 20.9. The largest absolute Gasteiger partial charge is 0.484 e. The highest BCUT2D eigenvalue weighted by Gasteiger charge is 2.11. The highest BCUT2D eigenvalue weighted by molar-refractivity contribution is 6.35. The first-order valence-corrected chi connectivity index (χ1v) is 9.73. The van der Waals surface area contributed by atoms with Gasteiger partial charge in [0.25, 0.3) is 5.91 Å². The highest BCUT2D eigenvalue weighted by atomic mass is 35.5. The predicted molar refractivity (Wildman–Crippen MR) is 113 cm³/mol. The summed E-state index contributed by atoms with van der Waals surface area (Å²) >= 11 is 12.1. The van der Waals surface area contributed by atoms with Crippen molar-refractivity contribution in [3.8, 4) is 5.75 Å². The molecule has 3 rings (SSSR count). The summed E-state index contributed by atoms with van der Waals surface area (Å²) in [7, 11) is 0. The Morgan fingerprint density at radius 2 is 1.86 bits per heavy atom. The van der Waals surface area contributed by atoms with E-state index in [-0.39, 0.29) is 18.3 Å². The lowest BCUT2D eigenvalue weighted by Crippen LogP contribution is -2.22. The van der Waals surface area contributed by atoms with Crippen LogP contribution in [-0.4, -0.2) is 28.1 Å². The van der Waals surface area contributed by atoms with Crippen LogP contribution in [0.2, 0.25) is 10.0 Å². The molecule has 0 aliphatic carbocycles. The van der Waals surface area contributed by atoms with E-state index in [0.717, 1.165) is 5.56 Å². The van der Waals surface area contributed by atoms with Gasteiger partial charge in [-0.15, -0.1) is 0 Å².